The molecule has 0 saturated carbocycles. The van der Waals surface area contributed by atoms with Crippen LogP contribution in [0.4, 0.5) is 23.7 Å². The van der Waals surface area contributed by atoms with Crippen LogP contribution in [-0.2, 0) is 20.5 Å². The van der Waals surface area contributed by atoms with Gasteiger partial charge in [-0.3, -0.25) is 9.59 Å². The van der Waals surface area contributed by atoms with Crippen LogP contribution in [0.3, 0.4) is 0 Å². The Labute approximate surface area is 197 Å². The van der Waals surface area contributed by atoms with Gasteiger partial charge in [-0.1, -0.05) is 19.4 Å². The number of nitrogens with one attached hydrogen (secondary N) is 1. The van der Waals surface area contributed by atoms with Crippen molar-refractivity contribution in [3.63, 3.8) is 0 Å². The Morgan fingerprint density at radius 1 is 1.06 bits per heavy atom. The van der Waals surface area contributed by atoms with Crippen LogP contribution in [0.5, 0.6) is 0 Å². The summed E-state index contributed by atoms with van der Waals surface area (Å²) >= 11 is 0. The number of carbonyl (C=O) groups excluding carboxylic acids is 3. The number of nitrogens with zero attached hydrogens (tertiary/aromatic N) is 2. The molecule has 10 heteroatoms. The topological polar surface area (TPSA) is 79.0 Å². The van der Waals surface area contributed by atoms with Crippen LogP contribution in [0.1, 0.15) is 44.6 Å². The molecule has 2 heterocycles. The lowest BCUT2D eigenvalue weighted by Crippen LogP contribution is -2.47. The van der Waals surface area contributed by atoms with E-state index >= 15 is 0 Å². The van der Waals surface area contributed by atoms with E-state index in [1.807, 2.05) is 6.92 Å². The number of hydrogen-bond acceptors (Lipinski definition) is 4. The van der Waals surface area contributed by atoms with Crippen LogP contribution in [-0.4, -0.2) is 61.0 Å². The Kier molecular flexibility index (Phi) is 8.43. The van der Waals surface area contributed by atoms with Gasteiger partial charge in [0.05, 0.1) is 18.6 Å². The molecule has 2 unspecified atom stereocenters. The molecule has 2 saturated heterocycles. The largest absolute Gasteiger partial charge is 0.469 e. The van der Waals surface area contributed by atoms with E-state index in [1.165, 1.54) is 19.2 Å². The van der Waals surface area contributed by atoms with E-state index in [0.29, 0.717) is 51.9 Å². The molecule has 0 spiro atoms. The average Bonchev–Trinajstić information content (AvgIpc) is 2.83. The summed E-state index contributed by atoms with van der Waals surface area (Å²) in [6.07, 6.45) is -1.44. The van der Waals surface area contributed by atoms with Crippen molar-refractivity contribution in [2.75, 3.05) is 38.6 Å². The van der Waals surface area contributed by atoms with Gasteiger partial charge in [0.25, 0.3) is 0 Å². The zero-order valence-corrected chi connectivity index (χ0v) is 19.6. The smallest absolute Gasteiger partial charge is 0.416 e. The van der Waals surface area contributed by atoms with Crippen LogP contribution in [0.15, 0.2) is 24.3 Å². The normalized spacial score (nSPS) is 21.8. The number of ether oxygens (including phenoxy) is 1. The lowest BCUT2D eigenvalue weighted by atomic mass is 9.81. The van der Waals surface area contributed by atoms with Crippen LogP contribution in [0.2, 0.25) is 0 Å². The second-order valence-corrected chi connectivity index (χ2v) is 9.05. The third-order valence-corrected chi connectivity index (χ3v) is 6.96. The molecule has 0 radical (unpaired) electrons. The summed E-state index contributed by atoms with van der Waals surface area (Å²) in [6.45, 7) is 3.97. The third kappa shape index (κ3) is 6.42. The maximum atomic E-state index is 12.9. The number of urea groups is 1. The Hall–Kier alpha value is -2.78. The van der Waals surface area contributed by atoms with E-state index in [-0.39, 0.29) is 35.3 Å². The summed E-state index contributed by atoms with van der Waals surface area (Å²) in [7, 11) is 1.37. The molecule has 0 aliphatic carbocycles. The molecule has 7 nitrogen and oxygen atoms in total. The molecule has 1 N–H and O–H groups in total. The summed E-state index contributed by atoms with van der Waals surface area (Å²) < 4.78 is 43.6. The third-order valence-electron chi connectivity index (χ3n) is 6.96. The number of alkyl halides is 3. The zero-order valence-electron chi connectivity index (χ0n) is 19.6. The minimum Gasteiger partial charge on any atom is -0.469 e. The quantitative estimate of drug-likeness (QED) is 0.631. The summed E-state index contributed by atoms with van der Waals surface area (Å²) in [5, 5.41) is 2.57. The standard InChI is InChI=1S/C24H32F3N3O4/c1-3-16-15-30(23(33)28-20-6-4-5-19(14-20)24(25,26)27)12-9-18(16)13-21(31)29-10-7-17(8-11-29)22(32)34-2/h4-6,14,16-18H,3,7-13,15H2,1-2H3,(H,28,33). The molecule has 34 heavy (non-hydrogen) atoms. The first-order chi connectivity index (χ1) is 16.1. The average molecular weight is 484 g/mol. The first-order valence-corrected chi connectivity index (χ1v) is 11.7. The predicted octanol–water partition coefficient (Wildman–Crippen LogP) is 4.39. The van der Waals surface area contributed by atoms with Crippen molar-refractivity contribution in [3.8, 4) is 0 Å². The molecule has 2 fully saturated rings. The highest BCUT2D eigenvalue weighted by molar-refractivity contribution is 5.89. The van der Waals surface area contributed by atoms with Crippen LogP contribution in [0, 0.1) is 17.8 Å². The molecule has 0 bridgehead atoms. The van der Waals surface area contributed by atoms with Gasteiger partial charge >= 0.3 is 18.2 Å². The molecule has 1 aromatic carbocycles. The van der Waals surface area contributed by atoms with E-state index in [1.54, 1.807) is 9.80 Å². The van der Waals surface area contributed by atoms with Crippen molar-refractivity contribution in [1.82, 2.24) is 9.80 Å². The Morgan fingerprint density at radius 3 is 2.35 bits per heavy atom. The fraction of sp³-hybridized carbons (Fsp3) is 0.625. The van der Waals surface area contributed by atoms with E-state index in [0.717, 1.165) is 18.6 Å². The number of carbonyl (C=O) groups is 3. The summed E-state index contributed by atoms with van der Waals surface area (Å²) in [4.78, 5) is 40.7. The SMILES string of the molecule is CCC1CN(C(=O)Nc2cccc(C(F)(F)F)c2)CCC1CC(=O)N1CCC(C(=O)OC)CC1. The summed E-state index contributed by atoms with van der Waals surface area (Å²) in [5.41, 5.74) is -0.717. The number of rotatable bonds is 5. The number of piperidine rings is 2. The van der Waals surface area contributed by atoms with Gasteiger partial charge in [0.15, 0.2) is 0 Å². The molecule has 3 rings (SSSR count). The highest BCUT2D eigenvalue weighted by Crippen LogP contribution is 2.32. The lowest BCUT2D eigenvalue weighted by Gasteiger charge is -2.39. The van der Waals surface area contributed by atoms with Crippen molar-refractivity contribution in [3.05, 3.63) is 29.8 Å². The van der Waals surface area contributed by atoms with E-state index < -0.39 is 17.8 Å². The van der Waals surface area contributed by atoms with Crippen LogP contribution < -0.4 is 5.32 Å². The molecule has 2 aliphatic heterocycles. The van der Waals surface area contributed by atoms with E-state index in [4.69, 9.17) is 4.74 Å². The highest BCUT2D eigenvalue weighted by Gasteiger charge is 2.35. The number of hydrogen-bond donors (Lipinski definition) is 1. The van der Waals surface area contributed by atoms with Crippen molar-refractivity contribution >= 4 is 23.6 Å². The van der Waals surface area contributed by atoms with Gasteiger partial charge in [0, 0.05) is 38.3 Å². The van der Waals surface area contributed by atoms with Gasteiger partial charge in [-0.2, -0.15) is 13.2 Å². The molecule has 188 valence electrons. The first-order valence-electron chi connectivity index (χ1n) is 11.7. The van der Waals surface area contributed by atoms with Crippen LogP contribution >= 0.6 is 0 Å². The zero-order chi connectivity index (χ0) is 24.9. The van der Waals surface area contributed by atoms with Gasteiger partial charge in [-0.15, -0.1) is 0 Å². The van der Waals surface area contributed by atoms with E-state index in [2.05, 4.69) is 5.32 Å². The maximum absolute atomic E-state index is 12.9. The molecule has 2 atom stereocenters. The number of likely N-dealkylation sites (tertiary alicyclic amines) is 2. The predicted molar refractivity (Wildman–Crippen MR) is 120 cm³/mol. The van der Waals surface area contributed by atoms with Crippen LogP contribution in [0.25, 0.3) is 0 Å². The second kappa shape index (κ2) is 11.1. The number of amides is 3. The minimum absolute atomic E-state index is 0.0635. The van der Waals surface area contributed by atoms with Gasteiger partial charge in [0.1, 0.15) is 0 Å². The highest BCUT2D eigenvalue weighted by atomic mass is 19.4. The minimum atomic E-state index is -4.48. The number of benzene rings is 1. The molecular weight excluding hydrogens is 451 g/mol. The Bertz CT molecular complexity index is 884. The fourth-order valence-corrected chi connectivity index (χ4v) is 4.86. The molecule has 3 amide bonds. The summed E-state index contributed by atoms with van der Waals surface area (Å²) in [6, 6.07) is 4.14. The maximum Gasteiger partial charge on any atom is 0.416 e. The van der Waals surface area contributed by atoms with Crippen molar-refractivity contribution in [2.24, 2.45) is 17.8 Å². The Morgan fingerprint density at radius 2 is 1.74 bits per heavy atom. The van der Waals surface area contributed by atoms with Crippen molar-refractivity contribution in [1.29, 1.82) is 0 Å². The van der Waals surface area contributed by atoms with Crippen molar-refractivity contribution < 1.29 is 32.3 Å². The molecule has 0 aromatic heterocycles. The van der Waals surface area contributed by atoms with Gasteiger partial charge in [-0.25, -0.2) is 4.79 Å². The number of methoxy groups -OCH3 is 1. The second-order valence-electron chi connectivity index (χ2n) is 9.05. The van der Waals surface area contributed by atoms with E-state index in [9.17, 15) is 27.6 Å². The number of halogens is 3. The first kappa shape index (κ1) is 25.8. The van der Waals surface area contributed by atoms with Gasteiger partial charge in [-0.05, 0) is 49.3 Å². The summed E-state index contributed by atoms with van der Waals surface area (Å²) in [5.74, 6) is -0.0652. The lowest BCUT2D eigenvalue weighted by molar-refractivity contribution is -0.149. The molecule has 2 aliphatic rings. The number of esters is 1. The van der Waals surface area contributed by atoms with Crippen molar-refractivity contribution in [2.45, 2.75) is 45.2 Å². The molecule has 1 aromatic rings. The van der Waals surface area contributed by atoms with Gasteiger partial charge < -0.3 is 19.9 Å². The van der Waals surface area contributed by atoms with Gasteiger partial charge in [0.2, 0.25) is 5.91 Å². The number of anilines is 1. The monoisotopic (exact) mass is 483 g/mol. The Balaban J connectivity index is 1.52. The molecular formula is C24H32F3N3O4. The fourth-order valence-electron chi connectivity index (χ4n) is 4.86.